The molecule has 0 saturated heterocycles. The Morgan fingerprint density at radius 2 is 0.767 bits per heavy atom. The summed E-state index contributed by atoms with van der Waals surface area (Å²) in [4.78, 5) is 24.1. The summed E-state index contributed by atoms with van der Waals surface area (Å²) in [5.74, 6) is 2.55. The van der Waals surface area contributed by atoms with Crippen LogP contribution in [-0.2, 0) is 19.1 Å². The van der Waals surface area contributed by atoms with E-state index in [2.05, 4.69) is 41.5 Å². The lowest BCUT2D eigenvalue weighted by atomic mass is 9.87. The van der Waals surface area contributed by atoms with E-state index in [1.54, 1.807) is 0 Å². The maximum absolute atomic E-state index is 12.3. The van der Waals surface area contributed by atoms with Crippen LogP contribution in [0.4, 0.5) is 0 Å². The van der Waals surface area contributed by atoms with Crippen molar-refractivity contribution in [1.29, 1.82) is 0 Å². The highest BCUT2D eigenvalue weighted by Crippen LogP contribution is 2.24. The second kappa shape index (κ2) is 30.9. The van der Waals surface area contributed by atoms with Crippen molar-refractivity contribution in [2.75, 3.05) is 13.2 Å². The van der Waals surface area contributed by atoms with Gasteiger partial charge < -0.3 is 9.47 Å². The molecule has 1 unspecified atom stereocenters. The molecule has 0 aliphatic heterocycles. The van der Waals surface area contributed by atoms with E-state index in [9.17, 15) is 9.59 Å². The van der Waals surface area contributed by atoms with Crippen molar-refractivity contribution in [1.82, 2.24) is 0 Å². The molecule has 0 aromatic heterocycles. The van der Waals surface area contributed by atoms with Crippen LogP contribution >= 0.6 is 0 Å². The van der Waals surface area contributed by atoms with E-state index in [0.717, 1.165) is 43.9 Å². The molecule has 0 amide bonds. The number of ether oxygens (including phenoxy) is 2. The van der Waals surface area contributed by atoms with Gasteiger partial charge in [0.15, 0.2) is 0 Å². The van der Waals surface area contributed by atoms with E-state index in [-0.39, 0.29) is 11.9 Å². The summed E-state index contributed by atoms with van der Waals surface area (Å²) in [6, 6.07) is 0. The van der Waals surface area contributed by atoms with Gasteiger partial charge in [0, 0.05) is 12.8 Å². The molecule has 0 aromatic carbocycles. The summed E-state index contributed by atoms with van der Waals surface area (Å²) in [7, 11) is 0. The highest BCUT2D eigenvalue weighted by Gasteiger charge is 2.18. The zero-order chi connectivity index (χ0) is 32.0. The van der Waals surface area contributed by atoms with E-state index in [4.69, 9.17) is 9.47 Å². The van der Waals surface area contributed by atoms with Crippen molar-refractivity contribution in [2.24, 2.45) is 23.7 Å². The number of unbranched alkanes of at least 4 members (excludes halogenated alkanes) is 17. The average Bonchev–Trinajstić information content (AvgIpc) is 2.95. The number of rotatable bonds is 32. The number of esters is 2. The van der Waals surface area contributed by atoms with Crippen molar-refractivity contribution in [3.05, 3.63) is 0 Å². The molecule has 0 N–H and O–H groups in total. The summed E-state index contributed by atoms with van der Waals surface area (Å²) in [6.45, 7) is 14.8. The molecule has 0 aliphatic rings. The molecule has 4 nitrogen and oxygen atoms in total. The van der Waals surface area contributed by atoms with Crippen molar-refractivity contribution in [2.45, 2.75) is 202 Å². The molecular formula is C39H76O4. The first kappa shape index (κ1) is 41.9. The Bertz CT molecular complexity index is 612. The quantitative estimate of drug-likeness (QED) is 0.0563. The van der Waals surface area contributed by atoms with Crippen LogP contribution in [0, 0.1) is 23.7 Å². The lowest BCUT2D eigenvalue weighted by molar-refractivity contribution is -0.145. The summed E-state index contributed by atoms with van der Waals surface area (Å²) in [6.07, 6.45) is 29.8. The van der Waals surface area contributed by atoms with Gasteiger partial charge in [-0.1, -0.05) is 164 Å². The molecule has 43 heavy (non-hydrogen) atoms. The standard InChI is InChI=1S/C39H76O4/c1-34(2)27-21-19-25-31-42-38(40)30-24-18-16-14-12-10-8-7-9-11-13-15-17-23-29-37(36(5)6)33-39(41)43-32-26-20-22-28-35(3)4/h34-37H,7-33H2,1-6H3. The van der Waals surface area contributed by atoms with Gasteiger partial charge in [-0.15, -0.1) is 0 Å². The van der Waals surface area contributed by atoms with Gasteiger partial charge in [-0.25, -0.2) is 0 Å². The predicted octanol–water partition coefficient (Wildman–Crippen LogP) is 12.4. The lowest BCUT2D eigenvalue weighted by Gasteiger charge is -2.20. The molecule has 1 atom stereocenters. The Balaban J connectivity index is 3.47. The second-order valence-corrected chi connectivity index (χ2v) is 14.6. The first-order valence-electron chi connectivity index (χ1n) is 19.0. The van der Waals surface area contributed by atoms with Gasteiger partial charge in [-0.3, -0.25) is 9.59 Å². The van der Waals surface area contributed by atoms with Gasteiger partial charge >= 0.3 is 11.9 Å². The van der Waals surface area contributed by atoms with Crippen molar-refractivity contribution in [3.63, 3.8) is 0 Å². The van der Waals surface area contributed by atoms with Crippen molar-refractivity contribution >= 4 is 11.9 Å². The molecule has 0 radical (unpaired) electrons. The minimum absolute atomic E-state index is 0.000856. The fourth-order valence-electron chi connectivity index (χ4n) is 5.85. The molecule has 0 heterocycles. The maximum Gasteiger partial charge on any atom is 0.306 e. The Morgan fingerprint density at radius 1 is 0.419 bits per heavy atom. The molecule has 0 saturated carbocycles. The van der Waals surface area contributed by atoms with Gasteiger partial charge in [-0.05, 0) is 49.4 Å². The minimum Gasteiger partial charge on any atom is -0.466 e. The number of hydrogen-bond donors (Lipinski definition) is 0. The van der Waals surface area contributed by atoms with Crippen LogP contribution in [0.25, 0.3) is 0 Å². The summed E-state index contributed by atoms with van der Waals surface area (Å²) >= 11 is 0. The highest BCUT2D eigenvalue weighted by atomic mass is 16.5. The van der Waals surface area contributed by atoms with E-state index < -0.39 is 0 Å². The topological polar surface area (TPSA) is 52.6 Å². The van der Waals surface area contributed by atoms with Crippen molar-refractivity contribution < 1.29 is 19.1 Å². The van der Waals surface area contributed by atoms with Crippen LogP contribution in [0.1, 0.15) is 202 Å². The minimum atomic E-state index is -0.000856. The summed E-state index contributed by atoms with van der Waals surface area (Å²) < 4.78 is 10.9. The second-order valence-electron chi connectivity index (χ2n) is 14.6. The van der Waals surface area contributed by atoms with Gasteiger partial charge in [-0.2, -0.15) is 0 Å². The zero-order valence-electron chi connectivity index (χ0n) is 30.0. The molecule has 0 bridgehead atoms. The van der Waals surface area contributed by atoms with Gasteiger partial charge in [0.25, 0.3) is 0 Å². The lowest BCUT2D eigenvalue weighted by Crippen LogP contribution is -2.17. The van der Waals surface area contributed by atoms with Gasteiger partial charge in [0.05, 0.1) is 13.2 Å². The average molecular weight is 609 g/mol. The normalized spacial score (nSPS) is 12.4. The van der Waals surface area contributed by atoms with E-state index >= 15 is 0 Å². The van der Waals surface area contributed by atoms with Crippen LogP contribution < -0.4 is 0 Å². The Labute approximate surface area is 269 Å². The maximum atomic E-state index is 12.3. The third-order valence-electron chi connectivity index (χ3n) is 8.96. The molecule has 256 valence electrons. The number of carbonyl (C=O) groups is 2. The predicted molar refractivity (Wildman–Crippen MR) is 185 cm³/mol. The Hall–Kier alpha value is -1.06. The van der Waals surface area contributed by atoms with Crippen LogP contribution in [0.15, 0.2) is 0 Å². The smallest absolute Gasteiger partial charge is 0.306 e. The molecule has 0 fully saturated rings. The third-order valence-corrected chi connectivity index (χ3v) is 8.96. The SMILES string of the molecule is CC(C)CCCCCOC(=O)CCCCCCCCCCCCCCCCC(CC(=O)OCCCCCC(C)C)C(C)C. The van der Waals surface area contributed by atoms with Crippen LogP contribution in [-0.4, -0.2) is 25.2 Å². The van der Waals surface area contributed by atoms with E-state index in [1.807, 2.05) is 0 Å². The number of hydrogen-bond acceptors (Lipinski definition) is 4. The molecule has 0 aliphatic carbocycles. The van der Waals surface area contributed by atoms with Crippen LogP contribution in [0.2, 0.25) is 0 Å². The van der Waals surface area contributed by atoms with E-state index in [0.29, 0.717) is 37.9 Å². The third kappa shape index (κ3) is 32.2. The molecule has 0 rings (SSSR count). The fraction of sp³-hybridized carbons (Fsp3) is 0.949. The first-order chi connectivity index (χ1) is 20.7. The Kier molecular flexibility index (Phi) is 30.2. The monoisotopic (exact) mass is 609 g/mol. The van der Waals surface area contributed by atoms with Gasteiger partial charge in [0.1, 0.15) is 0 Å². The van der Waals surface area contributed by atoms with Gasteiger partial charge in [0.2, 0.25) is 0 Å². The van der Waals surface area contributed by atoms with Crippen LogP contribution in [0.5, 0.6) is 0 Å². The summed E-state index contributed by atoms with van der Waals surface area (Å²) in [5, 5.41) is 0. The highest BCUT2D eigenvalue weighted by molar-refractivity contribution is 5.69. The first-order valence-corrected chi connectivity index (χ1v) is 19.0. The molecule has 4 heteroatoms. The molecular weight excluding hydrogens is 532 g/mol. The molecule has 0 aromatic rings. The Morgan fingerprint density at radius 3 is 1.19 bits per heavy atom. The number of carbonyl (C=O) groups excluding carboxylic acids is 2. The largest absolute Gasteiger partial charge is 0.466 e. The van der Waals surface area contributed by atoms with Crippen LogP contribution in [0.3, 0.4) is 0 Å². The zero-order valence-corrected chi connectivity index (χ0v) is 30.0. The molecule has 0 spiro atoms. The van der Waals surface area contributed by atoms with Crippen molar-refractivity contribution in [3.8, 4) is 0 Å². The van der Waals surface area contributed by atoms with E-state index in [1.165, 1.54) is 116 Å². The summed E-state index contributed by atoms with van der Waals surface area (Å²) in [5.41, 5.74) is 0. The fourth-order valence-corrected chi connectivity index (χ4v) is 5.85.